The third-order valence-electron chi connectivity index (χ3n) is 4.38. The Kier molecular flexibility index (Phi) is 3.48. The highest BCUT2D eigenvalue weighted by atomic mass is 14.7. The summed E-state index contributed by atoms with van der Waals surface area (Å²) in [5.74, 6) is 2.88. The van der Waals surface area contributed by atoms with Gasteiger partial charge in [0, 0.05) is 6.04 Å². The molecule has 0 amide bonds. The summed E-state index contributed by atoms with van der Waals surface area (Å²) >= 11 is 0. The smallest absolute Gasteiger partial charge is 0.00698 e. The van der Waals surface area contributed by atoms with Gasteiger partial charge in [-0.1, -0.05) is 39.0 Å². The quantitative estimate of drug-likeness (QED) is 0.731. The molecule has 0 aromatic carbocycles. The van der Waals surface area contributed by atoms with E-state index in [2.05, 4.69) is 6.92 Å². The molecule has 2 aliphatic rings. The molecule has 2 N–H and O–H groups in total. The molecular weight excluding hydrogens is 170 g/mol. The summed E-state index contributed by atoms with van der Waals surface area (Å²) in [6.07, 6.45) is 11.3. The molecule has 2 rings (SSSR count). The van der Waals surface area contributed by atoms with E-state index in [1.54, 1.807) is 0 Å². The SMILES string of the molecule is CCC1CCC(C(N)CC2CC2)CC1. The van der Waals surface area contributed by atoms with Gasteiger partial charge in [0.2, 0.25) is 0 Å². The van der Waals surface area contributed by atoms with E-state index in [0.29, 0.717) is 6.04 Å². The van der Waals surface area contributed by atoms with Crippen molar-refractivity contribution in [3.05, 3.63) is 0 Å². The maximum absolute atomic E-state index is 6.28. The zero-order chi connectivity index (χ0) is 9.97. The first-order chi connectivity index (χ1) is 6.79. The lowest BCUT2D eigenvalue weighted by atomic mass is 9.77. The Morgan fingerprint density at radius 2 is 1.57 bits per heavy atom. The standard InChI is InChI=1S/C13H25N/c1-2-10-5-7-12(8-6-10)13(14)9-11-3-4-11/h10-13H,2-9,14H2,1H3. The summed E-state index contributed by atoms with van der Waals surface area (Å²) in [5, 5.41) is 0. The molecule has 14 heavy (non-hydrogen) atoms. The molecular formula is C13H25N. The van der Waals surface area contributed by atoms with Crippen molar-refractivity contribution < 1.29 is 0 Å². The van der Waals surface area contributed by atoms with Gasteiger partial charge in [-0.2, -0.15) is 0 Å². The Labute approximate surface area is 88.4 Å². The van der Waals surface area contributed by atoms with Crippen LogP contribution in [0.5, 0.6) is 0 Å². The van der Waals surface area contributed by atoms with E-state index < -0.39 is 0 Å². The molecule has 0 bridgehead atoms. The van der Waals surface area contributed by atoms with Crippen LogP contribution >= 0.6 is 0 Å². The summed E-state index contributed by atoms with van der Waals surface area (Å²) in [5.41, 5.74) is 6.28. The van der Waals surface area contributed by atoms with Gasteiger partial charge in [-0.3, -0.25) is 0 Å². The van der Waals surface area contributed by atoms with E-state index in [4.69, 9.17) is 5.73 Å². The molecule has 1 unspecified atom stereocenters. The van der Waals surface area contributed by atoms with Crippen molar-refractivity contribution in [2.24, 2.45) is 23.5 Å². The third kappa shape index (κ3) is 2.73. The molecule has 1 atom stereocenters. The first kappa shape index (κ1) is 10.5. The van der Waals surface area contributed by atoms with E-state index in [1.807, 2.05) is 0 Å². The first-order valence-electron chi connectivity index (χ1n) is 6.55. The van der Waals surface area contributed by atoms with Gasteiger partial charge in [0.25, 0.3) is 0 Å². The van der Waals surface area contributed by atoms with Crippen molar-refractivity contribution in [1.82, 2.24) is 0 Å². The second-order valence-corrected chi connectivity index (χ2v) is 5.53. The van der Waals surface area contributed by atoms with Crippen molar-refractivity contribution in [3.63, 3.8) is 0 Å². The number of hydrogen-bond donors (Lipinski definition) is 1. The zero-order valence-corrected chi connectivity index (χ0v) is 9.54. The van der Waals surface area contributed by atoms with E-state index in [0.717, 1.165) is 17.8 Å². The Bertz CT molecular complexity index is 166. The van der Waals surface area contributed by atoms with Crippen LogP contribution < -0.4 is 5.73 Å². The van der Waals surface area contributed by atoms with Gasteiger partial charge >= 0.3 is 0 Å². The molecule has 0 radical (unpaired) electrons. The largest absolute Gasteiger partial charge is 0.327 e. The van der Waals surface area contributed by atoms with Gasteiger partial charge in [0.1, 0.15) is 0 Å². The van der Waals surface area contributed by atoms with Crippen LogP contribution in [0, 0.1) is 17.8 Å². The molecule has 2 aliphatic carbocycles. The van der Waals surface area contributed by atoms with Crippen molar-refractivity contribution in [1.29, 1.82) is 0 Å². The topological polar surface area (TPSA) is 26.0 Å². The fourth-order valence-electron chi connectivity index (χ4n) is 2.96. The maximum Gasteiger partial charge on any atom is 0.00698 e. The average molecular weight is 195 g/mol. The van der Waals surface area contributed by atoms with E-state index in [9.17, 15) is 0 Å². The van der Waals surface area contributed by atoms with Crippen molar-refractivity contribution in [3.8, 4) is 0 Å². The van der Waals surface area contributed by atoms with E-state index in [-0.39, 0.29) is 0 Å². The van der Waals surface area contributed by atoms with Crippen LogP contribution in [0.4, 0.5) is 0 Å². The Hall–Kier alpha value is -0.0400. The fraction of sp³-hybridized carbons (Fsp3) is 1.00. The van der Waals surface area contributed by atoms with Gasteiger partial charge in [-0.05, 0) is 37.0 Å². The summed E-state index contributed by atoms with van der Waals surface area (Å²) in [4.78, 5) is 0. The highest BCUT2D eigenvalue weighted by Crippen LogP contribution is 2.38. The molecule has 1 nitrogen and oxygen atoms in total. The van der Waals surface area contributed by atoms with Gasteiger partial charge in [0.15, 0.2) is 0 Å². The molecule has 0 aromatic heterocycles. The average Bonchev–Trinajstić information content (AvgIpc) is 3.02. The van der Waals surface area contributed by atoms with Crippen LogP contribution in [0.25, 0.3) is 0 Å². The van der Waals surface area contributed by atoms with Gasteiger partial charge in [0.05, 0.1) is 0 Å². The number of nitrogens with two attached hydrogens (primary N) is 1. The van der Waals surface area contributed by atoms with Gasteiger partial charge < -0.3 is 5.73 Å². The molecule has 0 spiro atoms. The van der Waals surface area contributed by atoms with Crippen LogP contribution in [-0.2, 0) is 0 Å². The second kappa shape index (κ2) is 4.65. The Morgan fingerprint density at radius 3 is 2.07 bits per heavy atom. The predicted molar refractivity (Wildman–Crippen MR) is 61.1 cm³/mol. The molecule has 2 saturated carbocycles. The van der Waals surface area contributed by atoms with Crippen molar-refractivity contribution in [2.75, 3.05) is 0 Å². The molecule has 1 heteroatoms. The number of hydrogen-bond acceptors (Lipinski definition) is 1. The van der Waals surface area contributed by atoms with E-state index >= 15 is 0 Å². The lowest BCUT2D eigenvalue weighted by Gasteiger charge is -2.31. The van der Waals surface area contributed by atoms with Crippen LogP contribution in [0.1, 0.15) is 58.3 Å². The van der Waals surface area contributed by atoms with Crippen LogP contribution in [0.3, 0.4) is 0 Å². The normalized spacial score (nSPS) is 35.6. The minimum Gasteiger partial charge on any atom is -0.327 e. The maximum atomic E-state index is 6.28. The van der Waals surface area contributed by atoms with Crippen molar-refractivity contribution in [2.45, 2.75) is 64.3 Å². The molecule has 82 valence electrons. The molecule has 2 fully saturated rings. The lowest BCUT2D eigenvalue weighted by Crippen LogP contribution is -2.33. The Morgan fingerprint density at radius 1 is 1.00 bits per heavy atom. The molecule has 0 saturated heterocycles. The van der Waals surface area contributed by atoms with Gasteiger partial charge in [-0.25, -0.2) is 0 Å². The molecule has 0 aliphatic heterocycles. The minimum atomic E-state index is 0.528. The summed E-state index contributed by atoms with van der Waals surface area (Å²) in [7, 11) is 0. The zero-order valence-electron chi connectivity index (χ0n) is 9.54. The van der Waals surface area contributed by atoms with Crippen LogP contribution in [0.15, 0.2) is 0 Å². The highest BCUT2D eigenvalue weighted by molar-refractivity contribution is 4.85. The Balaban J connectivity index is 1.70. The molecule has 0 heterocycles. The second-order valence-electron chi connectivity index (χ2n) is 5.53. The minimum absolute atomic E-state index is 0.528. The number of rotatable bonds is 4. The predicted octanol–water partition coefficient (Wildman–Crippen LogP) is 3.33. The first-order valence-corrected chi connectivity index (χ1v) is 6.55. The van der Waals surface area contributed by atoms with Crippen LogP contribution in [-0.4, -0.2) is 6.04 Å². The fourth-order valence-corrected chi connectivity index (χ4v) is 2.96. The van der Waals surface area contributed by atoms with Crippen molar-refractivity contribution >= 4 is 0 Å². The highest BCUT2D eigenvalue weighted by Gasteiger charge is 2.30. The third-order valence-corrected chi connectivity index (χ3v) is 4.38. The summed E-state index contributed by atoms with van der Waals surface area (Å²) in [6, 6.07) is 0.528. The van der Waals surface area contributed by atoms with Crippen LogP contribution in [0.2, 0.25) is 0 Å². The monoisotopic (exact) mass is 195 g/mol. The van der Waals surface area contributed by atoms with E-state index in [1.165, 1.54) is 51.4 Å². The molecule has 0 aromatic rings. The summed E-state index contributed by atoms with van der Waals surface area (Å²) < 4.78 is 0. The lowest BCUT2D eigenvalue weighted by molar-refractivity contribution is 0.230. The van der Waals surface area contributed by atoms with Gasteiger partial charge in [-0.15, -0.1) is 0 Å². The summed E-state index contributed by atoms with van der Waals surface area (Å²) in [6.45, 7) is 2.33.